The first-order valence-electron chi connectivity index (χ1n) is 8.72. The quantitative estimate of drug-likeness (QED) is 0.644. The van der Waals surface area contributed by atoms with Gasteiger partial charge in [-0.2, -0.15) is 0 Å². The molecule has 7 heteroatoms. The number of ether oxygens (including phenoxy) is 2. The third-order valence-corrected chi connectivity index (χ3v) is 4.35. The van der Waals surface area contributed by atoms with Gasteiger partial charge in [0.25, 0.3) is 0 Å². The van der Waals surface area contributed by atoms with Gasteiger partial charge in [-0.1, -0.05) is 12.1 Å². The van der Waals surface area contributed by atoms with Crippen LogP contribution < -0.4 is 10.4 Å². The van der Waals surface area contributed by atoms with Crippen molar-refractivity contribution >= 4 is 17.0 Å². The predicted octanol–water partition coefficient (Wildman–Crippen LogP) is 2.05. The van der Waals surface area contributed by atoms with Gasteiger partial charge in [0.15, 0.2) is 0 Å². The van der Waals surface area contributed by atoms with Crippen molar-refractivity contribution in [1.82, 2.24) is 9.13 Å². The maximum Gasteiger partial charge on any atom is 0.337 e. The number of benzene rings is 2. The van der Waals surface area contributed by atoms with Crippen LogP contribution in [0.3, 0.4) is 0 Å². The molecular weight excluding hydrogens is 348 g/mol. The van der Waals surface area contributed by atoms with Gasteiger partial charge in [0, 0.05) is 6.54 Å². The van der Waals surface area contributed by atoms with Crippen molar-refractivity contribution < 1.29 is 19.4 Å². The second kappa shape index (κ2) is 8.09. The Kier molecular flexibility index (Phi) is 5.61. The lowest BCUT2D eigenvalue weighted by atomic mass is 10.2. The predicted molar refractivity (Wildman–Crippen MR) is 101 cm³/mol. The van der Waals surface area contributed by atoms with Gasteiger partial charge >= 0.3 is 11.7 Å². The van der Waals surface area contributed by atoms with Crippen LogP contribution in [-0.2, 0) is 17.8 Å². The van der Waals surface area contributed by atoms with Crippen LogP contribution in [0.1, 0.15) is 17.3 Å². The summed E-state index contributed by atoms with van der Waals surface area (Å²) in [5, 5.41) is 10.3. The van der Waals surface area contributed by atoms with E-state index >= 15 is 0 Å². The maximum absolute atomic E-state index is 12.6. The van der Waals surface area contributed by atoms with E-state index in [1.54, 1.807) is 33.4 Å². The van der Waals surface area contributed by atoms with Crippen molar-refractivity contribution in [3.63, 3.8) is 0 Å². The zero-order chi connectivity index (χ0) is 19.4. The van der Waals surface area contributed by atoms with Crippen LogP contribution in [0.4, 0.5) is 0 Å². The summed E-state index contributed by atoms with van der Waals surface area (Å²) < 4.78 is 13.5. The van der Waals surface area contributed by atoms with Crippen molar-refractivity contribution in [1.29, 1.82) is 0 Å². The number of hydrogen-bond donors (Lipinski definition) is 1. The Labute approximate surface area is 156 Å². The molecule has 2 aromatic carbocycles. The van der Waals surface area contributed by atoms with Crippen molar-refractivity contribution in [2.75, 3.05) is 13.7 Å². The SMILES string of the molecule is CCn1c(=O)n(C[C@H](O)COc2ccc(C(=O)OC)cc2)c2ccccc21. The molecule has 0 saturated carbocycles. The number of hydrogen-bond acceptors (Lipinski definition) is 5. The Morgan fingerprint density at radius 2 is 1.70 bits per heavy atom. The largest absolute Gasteiger partial charge is 0.491 e. The number of aliphatic hydroxyl groups is 1. The van der Waals surface area contributed by atoms with Crippen LogP contribution in [0.5, 0.6) is 5.75 Å². The number of para-hydroxylation sites is 2. The second-order valence-electron chi connectivity index (χ2n) is 6.11. The monoisotopic (exact) mass is 370 g/mol. The van der Waals surface area contributed by atoms with Gasteiger partial charge < -0.3 is 14.6 Å². The molecule has 0 fully saturated rings. The average molecular weight is 370 g/mol. The van der Waals surface area contributed by atoms with Gasteiger partial charge in [0.1, 0.15) is 18.5 Å². The van der Waals surface area contributed by atoms with Crippen molar-refractivity contribution in [3.05, 3.63) is 64.6 Å². The number of fused-ring (bicyclic) bond motifs is 1. The molecule has 3 rings (SSSR count). The van der Waals surface area contributed by atoms with Crippen LogP contribution in [0.25, 0.3) is 11.0 Å². The lowest BCUT2D eigenvalue weighted by Gasteiger charge is -2.13. The Bertz CT molecular complexity index is 988. The zero-order valence-electron chi connectivity index (χ0n) is 15.3. The number of carbonyl (C=O) groups excluding carboxylic acids is 1. The first kappa shape index (κ1) is 18.7. The lowest BCUT2D eigenvalue weighted by Crippen LogP contribution is -2.31. The van der Waals surface area contributed by atoms with E-state index in [-0.39, 0.29) is 18.8 Å². The molecule has 0 bridgehead atoms. The molecule has 3 aromatic rings. The minimum absolute atomic E-state index is 0.0235. The summed E-state index contributed by atoms with van der Waals surface area (Å²) in [4.78, 5) is 24.0. The standard InChI is InChI=1S/C20H22N2O5/c1-3-21-17-6-4-5-7-18(17)22(20(21)25)12-15(23)13-27-16-10-8-14(9-11-16)19(24)26-2/h4-11,15,23H,3,12-13H2,1-2H3/t15-/m0/s1. The Balaban J connectivity index is 1.69. The van der Waals surface area contributed by atoms with Gasteiger partial charge in [-0.3, -0.25) is 9.13 Å². The summed E-state index contributed by atoms with van der Waals surface area (Å²) in [7, 11) is 1.32. The molecule has 0 amide bonds. The number of aromatic nitrogens is 2. The summed E-state index contributed by atoms with van der Waals surface area (Å²) in [6.45, 7) is 2.63. The Hall–Kier alpha value is -3.06. The fourth-order valence-corrected chi connectivity index (χ4v) is 3.02. The molecule has 0 radical (unpaired) electrons. The highest BCUT2D eigenvalue weighted by molar-refractivity contribution is 5.89. The highest BCUT2D eigenvalue weighted by atomic mass is 16.5. The molecular formula is C20H22N2O5. The molecule has 1 aromatic heterocycles. The van der Waals surface area contributed by atoms with Crippen molar-refractivity contribution in [2.45, 2.75) is 26.1 Å². The molecule has 0 aliphatic rings. The summed E-state index contributed by atoms with van der Waals surface area (Å²) in [5.74, 6) is 0.0957. The third-order valence-electron chi connectivity index (χ3n) is 4.35. The van der Waals surface area contributed by atoms with E-state index in [2.05, 4.69) is 4.74 Å². The number of aryl methyl sites for hydroxylation is 1. The highest BCUT2D eigenvalue weighted by Crippen LogP contribution is 2.15. The van der Waals surface area contributed by atoms with E-state index in [0.29, 0.717) is 17.9 Å². The Morgan fingerprint density at radius 3 is 2.30 bits per heavy atom. The zero-order valence-corrected chi connectivity index (χ0v) is 15.3. The lowest BCUT2D eigenvalue weighted by molar-refractivity contribution is 0.0600. The fourth-order valence-electron chi connectivity index (χ4n) is 3.02. The van der Waals surface area contributed by atoms with Crippen molar-refractivity contribution in [2.24, 2.45) is 0 Å². The van der Waals surface area contributed by atoms with E-state index in [1.807, 2.05) is 31.2 Å². The van der Waals surface area contributed by atoms with Crippen LogP contribution in [0.2, 0.25) is 0 Å². The van der Waals surface area contributed by atoms with Gasteiger partial charge in [0.2, 0.25) is 0 Å². The number of esters is 1. The number of methoxy groups -OCH3 is 1. The molecule has 27 heavy (non-hydrogen) atoms. The minimum atomic E-state index is -0.862. The van der Waals surface area contributed by atoms with E-state index < -0.39 is 12.1 Å². The minimum Gasteiger partial charge on any atom is -0.491 e. The molecule has 7 nitrogen and oxygen atoms in total. The molecule has 1 heterocycles. The van der Waals surface area contributed by atoms with Crippen LogP contribution in [0.15, 0.2) is 53.3 Å². The van der Waals surface area contributed by atoms with Gasteiger partial charge in [0.05, 0.1) is 30.3 Å². The van der Waals surface area contributed by atoms with Gasteiger partial charge in [-0.25, -0.2) is 9.59 Å². The highest BCUT2D eigenvalue weighted by Gasteiger charge is 2.15. The number of rotatable bonds is 7. The molecule has 1 atom stereocenters. The van der Waals surface area contributed by atoms with Gasteiger partial charge in [-0.15, -0.1) is 0 Å². The van der Waals surface area contributed by atoms with E-state index in [9.17, 15) is 14.7 Å². The van der Waals surface area contributed by atoms with Gasteiger partial charge in [-0.05, 0) is 43.3 Å². The first-order chi connectivity index (χ1) is 13.0. The maximum atomic E-state index is 12.6. The Morgan fingerprint density at radius 1 is 1.07 bits per heavy atom. The van der Waals surface area contributed by atoms with E-state index in [1.165, 1.54) is 7.11 Å². The van der Waals surface area contributed by atoms with E-state index in [0.717, 1.165) is 11.0 Å². The molecule has 0 aliphatic carbocycles. The molecule has 0 spiro atoms. The summed E-state index contributed by atoms with van der Waals surface area (Å²) in [6.07, 6.45) is -0.862. The second-order valence-corrected chi connectivity index (χ2v) is 6.11. The summed E-state index contributed by atoms with van der Waals surface area (Å²) in [5.41, 5.74) is 1.90. The molecule has 0 unspecified atom stereocenters. The first-order valence-corrected chi connectivity index (χ1v) is 8.72. The molecule has 0 saturated heterocycles. The van der Waals surface area contributed by atoms with Crippen LogP contribution >= 0.6 is 0 Å². The number of nitrogens with zero attached hydrogens (tertiary/aromatic N) is 2. The van der Waals surface area contributed by atoms with Crippen LogP contribution in [-0.4, -0.2) is 40.0 Å². The molecule has 0 aliphatic heterocycles. The summed E-state index contributed by atoms with van der Waals surface area (Å²) in [6, 6.07) is 14.0. The normalized spacial score (nSPS) is 12.1. The van der Waals surface area contributed by atoms with E-state index in [4.69, 9.17) is 4.74 Å². The topological polar surface area (TPSA) is 82.7 Å². The molecule has 142 valence electrons. The third kappa shape index (κ3) is 3.88. The number of imidazole rings is 1. The van der Waals surface area contributed by atoms with Crippen LogP contribution in [0, 0.1) is 0 Å². The summed E-state index contributed by atoms with van der Waals surface area (Å²) >= 11 is 0. The number of aliphatic hydroxyl groups excluding tert-OH is 1. The fraction of sp³-hybridized carbons (Fsp3) is 0.300. The van der Waals surface area contributed by atoms with Crippen molar-refractivity contribution in [3.8, 4) is 5.75 Å². The smallest absolute Gasteiger partial charge is 0.337 e. The average Bonchev–Trinajstić information content (AvgIpc) is 2.97. The molecule has 1 N–H and O–H groups in total. The number of carbonyl (C=O) groups is 1.